The minimum absolute atomic E-state index is 0.0477. The molecule has 28 heavy (non-hydrogen) atoms. The average Bonchev–Trinajstić information content (AvgIpc) is 2.71. The van der Waals surface area contributed by atoms with Crippen LogP contribution in [0.3, 0.4) is 0 Å². The van der Waals surface area contributed by atoms with Gasteiger partial charge in [-0.2, -0.15) is 0 Å². The Bertz CT molecular complexity index is 921. The maximum absolute atomic E-state index is 8.68. The lowest BCUT2D eigenvalue weighted by Gasteiger charge is -2.33. The van der Waals surface area contributed by atoms with Crippen LogP contribution in [0.5, 0.6) is 5.75 Å². The summed E-state index contributed by atoms with van der Waals surface area (Å²) in [5.41, 5.74) is 8.87. The summed E-state index contributed by atoms with van der Waals surface area (Å²) >= 11 is 0. The van der Waals surface area contributed by atoms with Gasteiger partial charge < -0.3 is 10.5 Å². The van der Waals surface area contributed by atoms with E-state index in [4.69, 9.17) is 21.3 Å². The third-order valence-corrected chi connectivity index (χ3v) is 6.03. The first kappa shape index (κ1) is 18.9. The second kappa shape index (κ2) is 7.89. The van der Waals surface area contributed by atoms with Crippen molar-refractivity contribution >= 4 is 5.84 Å². The summed E-state index contributed by atoms with van der Waals surface area (Å²) in [5, 5.41) is 17.0. The molecule has 0 unspecified atom stereocenters. The largest absolute Gasteiger partial charge is 0.484 e. The molecular weight excluding hydrogens is 350 g/mol. The molecule has 1 aliphatic heterocycles. The van der Waals surface area contributed by atoms with Gasteiger partial charge in [0.2, 0.25) is 0 Å². The van der Waals surface area contributed by atoms with Crippen LogP contribution in [-0.4, -0.2) is 34.9 Å². The van der Waals surface area contributed by atoms with Gasteiger partial charge in [0.25, 0.3) is 0 Å². The van der Waals surface area contributed by atoms with E-state index in [0.29, 0.717) is 17.1 Å². The van der Waals surface area contributed by atoms with E-state index in [0.717, 1.165) is 43.4 Å². The van der Waals surface area contributed by atoms with Gasteiger partial charge in [-0.15, -0.1) is 0 Å². The predicted octanol–water partition coefficient (Wildman–Crippen LogP) is 3.19. The van der Waals surface area contributed by atoms with Gasteiger partial charge in [0.15, 0.2) is 0 Å². The lowest BCUT2D eigenvalue weighted by atomic mass is 9.86. The highest BCUT2D eigenvalue weighted by Crippen LogP contribution is 2.37. The minimum atomic E-state index is -0.0485. The Morgan fingerprint density at radius 2 is 1.86 bits per heavy atom. The molecule has 1 aromatic carbocycles. The number of ether oxygens (including phenoxy) is 1. The quantitative estimate of drug-likeness (QED) is 0.565. The van der Waals surface area contributed by atoms with Crippen molar-refractivity contribution in [3.63, 3.8) is 0 Å². The number of benzene rings is 1. The molecule has 0 amide bonds. The van der Waals surface area contributed by atoms with Crippen molar-refractivity contribution < 1.29 is 4.74 Å². The molecule has 4 rings (SSSR count). The number of nitrogens with zero attached hydrogens (tertiary/aromatic N) is 2. The zero-order valence-corrected chi connectivity index (χ0v) is 16.4. The summed E-state index contributed by atoms with van der Waals surface area (Å²) < 4.78 is 7.98. The molecule has 148 valence electrons. The highest BCUT2D eigenvalue weighted by atomic mass is 16.5. The maximum Gasteiger partial charge on any atom is 0.137 e. The molecule has 0 spiro atoms. The summed E-state index contributed by atoms with van der Waals surface area (Å²) in [7, 11) is 2.06. The van der Waals surface area contributed by atoms with Gasteiger partial charge in [0.05, 0.1) is 12.2 Å². The Balaban J connectivity index is 1.59. The van der Waals surface area contributed by atoms with Crippen molar-refractivity contribution in [2.45, 2.75) is 50.3 Å². The number of likely N-dealkylation sites (tertiary alicyclic amines) is 1. The van der Waals surface area contributed by atoms with Gasteiger partial charge in [-0.05, 0) is 62.5 Å². The summed E-state index contributed by atoms with van der Waals surface area (Å²) in [5.74, 6) is 1.14. The zero-order chi connectivity index (χ0) is 19.7. The van der Waals surface area contributed by atoms with Crippen LogP contribution in [0.1, 0.15) is 55.4 Å². The number of fused-ring (bicyclic) bond motifs is 1. The summed E-state index contributed by atoms with van der Waals surface area (Å²) in [6, 6.07) is 11.9. The number of rotatable bonds is 3. The number of hydrogen-bond acceptors (Lipinski definition) is 5. The second-order valence-electron chi connectivity index (χ2n) is 7.92. The molecule has 2 aliphatic rings. The Morgan fingerprint density at radius 1 is 1.07 bits per heavy atom. The van der Waals surface area contributed by atoms with Gasteiger partial charge >= 0.3 is 0 Å². The van der Waals surface area contributed by atoms with Crippen LogP contribution in [0.2, 0.25) is 0 Å². The van der Waals surface area contributed by atoms with E-state index in [2.05, 4.69) is 24.1 Å². The standard InChI is InChI=1S/C22H29N5O/c1-26-13-5-4-8-19(26)22(25)27-14-15(9-12-21(27)24)28-20-11-10-18(23)16-6-2-3-7-17(16)20/h2-3,6-7,9,12,14,18-20,24-25H,4-5,8,10-11,13,23H2,1H3/t18-,19-,20+/m0/s1. The first-order valence-electron chi connectivity index (χ1n) is 10.1. The molecule has 4 N–H and O–H groups in total. The normalized spacial score (nSPS) is 25.1. The SMILES string of the molecule is CN1CCCC[C@H]1C(=N)n1cc(O[C@@H]2CC[C@H](N)c3ccccc32)ccc1=N. The van der Waals surface area contributed by atoms with E-state index in [1.807, 2.05) is 18.2 Å². The number of nitrogens with one attached hydrogen (secondary N) is 2. The van der Waals surface area contributed by atoms with Gasteiger partial charge in [-0.25, -0.2) is 0 Å². The fourth-order valence-electron chi connectivity index (χ4n) is 4.40. The third kappa shape index (κ3) is 3.62. The van der Waals surface area contributed by atoms with Crippen LogP contribution in [0.15, 0.2) is 42.6 Å². The maximum atomic E-state index is 8.68. The third-order valence-electron chi connectivity index (χ3n) is 6.03. The molecule has 6 nitrogen and oxygen atoms in total. The summed E-state index contributed by atoms with van der Waals surface area (Å²) in [4.78, 5) is 2.21. The monoisotopic (exact) mass is 379 g/mol. The van der Waals surface area contributed by atoms with Gasteiger partial charge in [0.1, 0.15) is 23.2 Å². The lowest BCUT2D eigenvalue weighted by molar-refractivity contribution is 0.176. The number of hydrogen-bond donors (Lipinski definition) is 3. The fourth-order valence-corrected chi connectivity index (χ4v) is 4.40. The van der Waals surface area contributed by atoms with Crippen molar-refractivity contribution in [1.82, 2.24) is 9.47 Å². The zero-order valence-electron chi connectivity index (χ0n) is 16.4. The first-order chi connectivity index (χ1) is 13.5. The van der Waals surface area contributed by atoms with Gasteiger partial charge in [-0.3, -0.25) is 20.3 Å². The Morgan fingerprint density at radius 3 is 2.64 bits per heavy atom. The Labute approximate surface area is 166 Å². The van der Waals surface area contributed by atoms with Gasteiger partial charge in [-0.1, -0.05) is 30.7 Å². The molecule has 6 heteroatoms. The predicted molar refractivity (Wildman–Crippen MR) is 110 cm³/mol. The number of piperidine rings is 1. The lowest BCUT2D eigenvalue weighted by Crippen LogP contribution is -2.46. The van der Waals surface area contributed by atoms with Crippen molar-refractivity contribution in [3.05, 3.63) is 59.2 Å². The van der Waals surface area contributed by atoms with E-state index in [1.165, 1.54) is 6.42 Å². The van der Waals surface area contributed by atoms with Crippen molar-refractivity contribution in [2.24, 2.45) is 5.73 Å². The van der Waals surface area contributed by atoms with E-state index in [-0.39, 0.29) is 18.2 Å². The molecule has 2 heterocycles. The Kier molecular flexibility index (Phi) is 5.33. The van der Waals surface area contributed by atoms with Crippen LogP contribution >= 0.6 is 0 Å². The van der Waals surface area contributed by atoms with Crippen molar-refractivity contribution in [3.8, 4) is 5.75 Å². The van der Waals surface area contributed by atoms with E-state index in [1.54, 1.807) is 16.8 Å². The topological polar surface area (TPSA) is 91.1 Å². The van der Waals surface area contributed by atoms with Crippen LogP contribution in [-0.2, 0) is 0 Å². The average molecular weight is 380 g/mol. The molecule has 0 bridgehead atoms. The van der Waals surface area contributed by atoms with Gasteiger partial charge in [0, 0.05) is 6.04 Å². The molecule has 1 fully saturated rings. The van der Waals surface area contributed by atoms with E-state index in [9.17, 15) is 0 Å². The van der Waals surface area contributed by atoms with Crippen LogP contribution in [0, 0.1) is 10.8 Å². The highest BCUT2D eigenvalue weighted by molar-refractivity contribution is 5.86. The molecular formula is C22H29N5O. The minimum Gasteiger partial charge on any atom is -0.484 e. The van der Waals surface area contributed by atoms with Crippen LogP contribution < -0.4 is 16.0 Å². The molecule has 0 radical (unpaired) electrons. The van der Waals surface area contributed by atoms with Crippen LogP contribution in [0.4, 0.5) is 0 Å². The van der Waals surface area contributed by atoms with Crippen molar-refractivity contribution in [1.29, 1.82) is 10.8 Å². The molecule has 1 saturated heterocycles. The second-order valence-corrected chi connectivity index (χ2v) is 7.92. The Hall–Kier alpha value is -2.44. The smallest absolute Gasteiger partial charge is 0.137 e. The molecule has 3 atom stereocenters. The molecule has 1 aliphatic carbocycles. The molecule has 2 aromatic rings. The number of likely N-dealkylation sites (N-methyl/N-ethyl adjacent to an activating group) is 1. The highest BCUT2D eigenvalue weighted by Gasteiger charge is 2.27. The fraction of sp³-hybridized carbons (Fsp3) is 0.455. The first-order valence-corrected chi connectivity index (χ1v) is 10.1. The molecule has 0 saturated carbocycles. The van der Waals surface area contributed by atoms with Crippen LogP contribution in [0.25, 0.3) is 0 Å². The summed E-state index contributed by atoms with van der Waals surface area (Å²) in [6.07, 6.45) is 6.76. The van der Waals surface area contributed by atoms with Crippen molar-refractivity contribution in [2.75, 3.05) is 13.6 Å². The number of pyridine rings is 1. The van der Waals surface area contributed by atoms with E-state index >= 15 is 0 Å². The number of aromatic nitrogens is 1. The summed E-state index contributed by atoms with van der Waals surface area (Å²) in [6.45, 7) is 0.996. The number of nitrogens with two attached hydrogens (primary N) is 1. The van der Waals surface area contributed by atoms with E-state index < -0.39 is 0 Å². The molecule has 1 aromatic heterocycles.